The van der Waals surface area contributed by atoms with Gasteiger partial charge in [0.15, 0.2) is 5.17 Å². The second-order valence-electron chi connectivity index (χ2n) is 9.03. The van der Waals surface area contributed by atoms with E-state index in [1.807, 2.05) is 31.2 Å². The molecule has 0 saturated carbocycles. The topological polar surface area (TPSA) is 112 Å². The average Bonchev–Trinajstić information content (AvgIpc) is 3.27. The third kappa shape index (κ3) is 6.24. The molecule has 0 aliphatic carbocycles. The lowest BCUT2D eigenvalue weighted by molar-refractivity contribution is -0.125. The lowest BCUT2D eigenvalue weighted by Gasteiger charge is -2.27. The first-order chi connectivity index (χ1) is 18.4. The molecular formula is C28H33N5O4S. The van der Waals surface area contributed by atoms with Crippen molar-refractivity contribution in [3.05, 3.63) is 54.1 Å². The van der Waals surface area contributed by atoms with Gasteiger partial charge in [0.2, 0.25) is 11.8 Å². The highest BCUT2D eigenvalue weighted by Crippen LogP contribution is 2.36. The van der Waals surface area contributed by atoms with Crippen molar-refractivity contribution < 1.29 is 19.1 Å². The predicted octanol–water partition coefficient (Wildman–Crippen LogP) is 4.50. The third-order valence-corrected chi connectivity index (χ3v) is 7.61. The van der Waals surface area contributed by atoms with Crippen molar-refractivity contribution in [3.63, 3.8) is 0 Å². The summed E-state index contributed by atoms with van der Waals surface area (Å²) in [6, 6.07) is 14.0. The number of carbonyl (C=O) groups is 3. The highest BCUT2D eigenvalue weighted by molar-refractivity contribution is 8.15. The van der Waals surface area contributed by atoms with Gasteiger partial charge in [-0.15, -0.1) is 0 Å². The summed E-state index contributed by atoms with van der Waals surface area (Å²) in [6.07, 6.45) is 2.97. The van der Waals surface area contributed by atoms with Gasteiger partial charge < -0.3 is 15.4 Å². The number of amidine groups is 2. The maximum absolute atomic E-state index is 13.5. The van der Waals surface area contributed by atoms with Crippen molar-refractivity contribution in [1.82, 2.24) is 10.2 Å². The predicted molar refractivity (Wildman–Crippen MR) is 151 cm³/mol. The number of fused-ring (bicyclic) bond motifs is 3. The van der Waals surface area contributed by atoms with Gasteiger partial charge in [0.05, 0.1) is 18.0 Å². The Labute approximate surface area is 227 Å². The van der Waals surface area contributed by atoms with E-state index in [-0.39, 0.29) is 24.1 Å². The van der Waals surface area contributed by atoms with Crippen molar-refractivity contribution in [2.24, 2.45) is 9.98 Å². The van der Waals surface area contributed by atoms with Gasteiger partial charge >= 0.3 is 0 Å². The van der Waals surface area contributed by atoms with E-state index in [0.717, 1.165) is 18.4 Å². The van der Waals surface area contributed by atoms with Gasteiger partial charge in [0.25, 0.3) is 5.91 Å². The van der Waals surface area contributed by atoms with Gasteiger partial charge in [-0.3, -0.25) is 19.4 Å². The fourth-order valence-corrected chi connectivity index (χ4v) is 5.22. The molecule has 0 saturated heterocycles. The summed E-state index contributed by atoms with van der Waals surface area (Å²) in [5.41, 5.74) is 2.08. The smallest absolute Gasteiger partial charge is 0.259 e. The molecule has 200 valence electrons. The number of nitrogens with zero attached hydrogens (tertiary/aromatic N) is 3. The van der Waals surface area contributed by atoms with Crippen LogP contribution in [0.4, 0.5) is 11.4 Å². The van der Waals surface area contributed by atoms with Crippen LogP contribution in [0.3, 0.4) is 0 Å². The van der Waals surface area contributed by atoms with E-state index in [2.05, 4.69) is 17.6 Å². The molecule has 38 heavy (non-hydrogen) atoms. The molecule has 0 fully saturated rings. The van der Waals surface area contributed by atoms with Crippen LogP contribution in [0.1, 0.15) is 51.5 Å². The Kier molecular flexibility index (Phi) is 9.17. The SMILES string of the molecule is CCCCNC(=O)CC[C@H]1N=C2c3ccccc3N=C(S[C@@H](CC)C(=O)Nc3cccc(OC)c3)N2C1=O. The summed E-state index contributed by atoms with van der Waals surface area (Å²) < 4.78 is 5.25. The van der Waals surface area contributed by atoms with Crippen molar-refractivity contribution in [3.8, 4) is 5.75 Å². The van der Waals surface area contributed by atoms with Crippen LogP contribution in [0.15, 0.2) is 58.5 Å². The molecule has 2 aromatic rings. The molecule has 3 amide bonds. The summed E-state index contributed by atoms with van der Waals surface area (Å²) in [7, 11) is 1.57. The first-order valence-corrected chi connectivity index (χ1v) is 13.8. The van der Waals surface area contributed by atoms with Gasteiger partial charge in [-0.05, 0) is 43.5 Å². The van der Waals surface area contributed by atoms with Crippen LogP contribution < -0.4 is 15.4 Å². The van der Waals surface area contributed by atoms with E-state index in [0.29, 0.717) is 47.5 Å². The molecule has 2 aliphatic heterocycles. The number of anilines is 1. The summed E-state index contributed by atoms with van der Waals surface area (Å²) in [4.78, 5) is 49.9. The molecule has 0 spiro atoms. The summed E-state index contributed by atoms with van der Waals surface area (Å²) in [5, 5.41) is 5.74. The zero-order valence-electron chi connectivity index (χ0n) is 21.9. The van der Waals surface area contributed by atoms with Crippen LogP contribution in [-0.2, 0) is 14.4 Å². The van der Waals surface area contributed by atoms with E-state index < -0.39 is 11.3 Å². The Morgan fingerprint density at radius 1 is 1.16 bits per heavy atom. The normalized spacial score (nSPS) is 16.7. The number of ether oxygens (including phenoxy) is 1. The molecule has 2 aliphatic rings. The van der Waals surface area contributed by atoms with Crippen LogP contribution in [0.25, 0.3) is 0 Å². The first-order valence-electron chi connectivity index (χ1n) is 12.9. The number of hydrogen-bond donors (Lipinski definition) is 2. The lowest BCUT2D eigenvalue weighted by atomic mass is 10.1. The number of unbranched alkanes of at least 4 members (excludes halogenated alkanes) is 1. The van der Waals surface area contributed by atoms with Gasteiger partial charge in [-0.1, -0.05) is 50.2 Å². The quantitative estimate of drug-likeness (QED) is 0.412. The molecule has 2 atom stereocenters. The number of carbonyl (C=O) groups excluding carboxylic acids is 3. The number of para-hydroxylation sites is 1. The number of aliphatic imine (C=N–C) groups is 2. The zero-order chi connectivity index (χ0) is 27.1. The second kappa shape index (κ2) is 12.7. The Morgan fingerprint density at radius 3 is 2.74 bits per heavy atom. The number of amides is 3. The van der Waals surface area contributed by atoms with Gasteiger partial charge in [-0.2, -0.15) is 0 Å². The molecule has 9 nitrogen and oxygen atoms in total. The monoisotopic (exact) mass is 535 g/mol. The van der Waals surface area contributed by atoms with E-state index in [4.69, 9.17) is 14.7 Å². The van der Waals surface area contributed by atoms with E-state index >= 15 is 0 Å². The molecule has 2 N–H and O–H groups in total. The Balaban J connectivity index is 1.51. The Morgan fingerprint density at radius 2 is 1.97 bits per heavy atom. The fourth-order valence-electron chi connectivity index (χ4n) is 4.20. The molecular weight excluding hydrogens is 502 g/mol. The van der Waals surface area contributed by atoms with Crippen molar-refractivity contribution in [2.45, 2.75) is 57.2 Å². The maximum atomic E-state index is 13.5. The molecule has 10 heteroatoms. The van der Waals surface area contributed by atoms with Crippen molar-refractivity contribution in [1.29, 1.82) is 0 Å². The zero-order valence-corrected chi connectivity index (χ0v) is 22.7. The number of thioether (sulfide) groups is 1. The van der Waals surface area contributed by atoms with Crippen LogP contribution in [-0.4, -0.2) is 58.6 Å². The van der Waals surface area contributed by atoms with E-state index in [1.54, 1.807) is 31.4 Å². The average molecular weight is 536 g/mol. The number of rotatable bonds is 11. The van der Waals surface area contributed by atoms with Crippen LogP contribution >= 0.6 is 11.8 Å². The molecule has 4 rings (SSSR count). The molecule has 2 aromatic carbocycles. The largest absolute Gasteiger partial charge is 0.497 e. The van der Waals surface area contributed by atoms with E-state index in [9.17, 15) is 14.4 Å². The highest BCUT2D eigenvalue weighted by Gasteiger charge is 2.42. The van der Waals surface area contributed by atoms with Crippen molar-refractivity contribution in [2.75, 3.05) is 19.0 Å². The molecule has 0 aromatic heterocycles. The van der Waals surface area contributed by atoms with Gasteiger partial charge in [-0.25, -0.2) is 9.89 Å². The lowest BCUT2D eigenvalue weighted by Crippen LogP contribution is -2.42. The second-order valence-corrected chi connectivity index (χ2v) is 10.2. The molecule has 0 unspecified atom stereocenters. The molecule has 0 bridgehead atoms. The van der Waals surface area contributed by atoms with Crippen LogP contribution in [0.2, 0.25) is 0 Å². The number of hydrogen-bond acceptors (Lipinski definition) is 7. The Hall–Kier alpha value is -3.66. The minimum atomic E-state index is -0.676. The number of nitrogens with one attached hydrogen (secondary N) is 2. The maximum Gasteiger partial charge on any atom is 0.259 e. The first kappa shape index (κ1) is 27.4. The number of methoxy groups -OCH3 is 1. The summed E-state index contributed by atoms with van der Waals surface area (Å²) in [6.45, 7) is 4.61. The van der Waals surface area contributed by atoms with Gasteiger partial charge in [0.1, 0.15) is 17.6 Å². The van der Waals surface area contributed by atoms with Crippen LogP contribution in [0, 0.1) is 0 Å². The van der Waals surface area contributed by atoms with Crippen LogP contribution in [0.5, 0.6) is 5.75 Å². The standard InChI is InChI=1S/C28H33N5O4S/c1-4-6-16-29-24(34)15-14-22-27(36)33-25(31-22)20-12-7-8-13-21(20)32-28(33)38-23(5-2)26(35)30-18-10-9-11-19(17-18)37-3/h7-13,17,22-23H,4-6,14-16H2,1-3H3,(H,29,34)(H,30,35)/t22-,23+/m1/s1. The summed E-state index contributed by atoms with van der Waals surface area (Å²) >= 11 is 1.24. The highest BCUT2D eigenvalue weighted by atomic mass is 32.2. The molecule has 2 heterocycles. The third-order valence-electron chi connectivity index (χ3n) is 6.29. The molecule has 0 radical (unpaired) electrons. The van der Waals surface area contributed by atoms with E-state index in [1.165, 1.54) is 16.7 Å². The van der Waals surface area contributed by atoms with Crippen molar-refractivity contribution >= 4 is 51.9 Å². The minimum absolute atomic E-state index is 0.0831. The van der Waals surface area contributed by atoms with Gasteiger partial charge in [0, 0.05) is 30.3 Å². The Bertz CT molecular complexity index is 1260. The number of benzene rings is 2. The summed E-state index contributed by atoms with van der Waals surface area (Å²) in [5.74, 6) is 0.649. The fraction of sp³-hybridized carbons (Fsp3) is 0.393. The minimum Gasteiger partial charge on any atom is -0.497 e.